The number of hydrogen-bond donors (Lipinski definition) is 0. The Morgan fingerprint density at radius 1 is 1.38 bits per heavy atom. The molecule has 7 heteroatoms. The lowest BCUT2D eigenvalue weighted by molar-refractivity contribution is -0.380. The van der Waals surface area contributed by atoms with E-state index in [4.69, 9.17) is 4.74 Å². The highest BCUT2D eigenvalue weighted by Gasteiger charge is 2.18. The molecule has 1 aromatic carbocycles. The number of ketones is 1. The number of carbonyl (C=O) groups excluding carboxylic acids is 1. The fourth-order valence-corrected chi connectivity index (χ4v) is 2.31. The van der Waals surface area contributed by atoms with E-state index in [0.29, 0.717) is 17.9 Å². The zero-order valence-electron chi connectivity index (χ0n) is 11.4. The number of carbonyl (C=O) groups is 1. The average molecular weight is 306 g/mol. The van der Waals surface area contributed by atoms with Crippen molar-refractivity contribution in [1.82, 2.24) is 4.98 Å². The van der Waals surface area contributed by atoms with Crippen LogP contribution in [0.25, 0.3) is 0 Å². The van der Waals surface area contributed by atoms with Gasteiger partial charge in [0, 0.05) is 5.56 Å². The number of thiazole rings is 1. The van der Waals surface area contributed by atoms with Gasteiger partial charge in [-0.1, -0.05) is 13.3 Å². The van der Waals surface area contributed by atoms with Gasteiger partial charge in [0.1, 0.15) is 11.9 Å². The summed E-state index contributed by atoms with van der Waals surface area (Å²) < 4.78 is 5.51. The summed E-state index contributed by atoms with van der Waals surface area (Å²) in [6, 6.07) is 6.70. The molecule has 0 spiro atoms. The molecule has 0 aliphatic rings. The zero-order valence-corrected chi connectivity index (χ0v) is 12.3. The highest BCUT2D eigenvalue weighted by atomic mass is 32.1. The molecule has 0 unspecified atom stereocenters. The Balaban J connectivity index is 2.06. The van der Waals surface area contributed by atoms with Crippen LogP contribution in [0.15, 0.2) is 30.5 Å². The number of nitro groups is 1. The maximum atomic E-state index is 12.1. The summed E-state index contributed by atoms with van der Waals surface area (Å²) in [5.41, 5.74) is 0.432. The monoisotopic (exact) mass is 306 g/mol. The van der Waals surface area contributed by atoms with Gasteiger partial charge in [0.05, 0.1) is 11.5 Å². The smallest absolute Gasteiger partial charge is 0.344 e. The standard InChI is InChI=1S/C14H14N2O4S/c1-2-3-8-20-11-6-4-10(5-7-11)13(17)14-15-9-12(21-14)16(18)19/h4-7,9H,2-3,8H2,1H3. The van der Waals surface area contributed by atoms with Gasteiger partial charge in [-0.3, -0.25) is 14.9 Å². The van der Waals surface area contributed by atoms with Crippen LogP contribution in [0.4, 0.5) is 5.00 Å². The molecule has 0 bridgehead atoms. The molecule has 0 saturated carbocycles. The molecule has 0 N–H and O–H groups in total. The summed E-state index contributed by atoms with van der Waals surface area (Å²) >= 11 is 0.774. The van der Waals surface area contributed by atoms with Crippen molar-refractivity contribution in [2.45, 2.75) is 19.8 Å². The zero-order chi connectivity index (χ0) is 15.2. The van der Waals surface area contributed by atoms with Crippen molar-refractivity contribution in [2.75, 3.05) is 6.61 Å². The number of unbranched alkanes of at least 4 members (excludes halogenated alkanes) is 1. The lowest BCUT2D eigenvalue weighted by Crippen LogP contribution is -2.01. The van der Waals surface area contributed by atoms with Crippen LogP contribution in [-0.2, 0) is 0 Å². The van der Waals surface area contributed by atoms with Gasteiger partial charge in [-0.05, 0) is 42.0 Å². The van der Waals surface area contributed by atoms with E-state index in [1.165, 1.54) is 0 Å². The van der Waals surface area contributed by atoms with E-state index in [0.717, 1.165) is 30.4 Å². The lowest BCUT2D eigenvalue weighted by atomic mass is 10.1. The maximum absolute atomic E-state index is 12.1. The Morgan fingerprint density at radius 3 is 2.67 bits per heavy atom. The summed E-state index contributed by atoms with van der Waals surface area (Å²) in [7, 11) is 0. The quantitative estimate of drug-likeness (QED) is 0.338. The number of nitrogens with zero attached hydrogens (tertiary/aromatic N) is 2. The van der Waals surface area contributed by atoms with Gasteiger partial charge in [0.2, 0.25) is 5.78 Å². The summed E-state index contributed by atoms with van der Waals surface area (Å²) in [6.07, 6.45) is 3.13. The van der Waals surface area contributed by atoms with Crippen molar-refractivity contribution in [3.63, 3.8) is 0 Å². The SMILES string of the molecule is CCCCOc1ccc(C(=O)c2ncc([N+](=O)[O-])s2)cc1. The molecule has 0 fully saturated rings. The van der Waals surface area contributed by atoms with E-state index in [1.807, 2.05) is 0 Å². The Kier molecular flexibility index (Phi) is 4.99. The van der Waals surface area contributed by atoms with Crippen molar-refractivity contribution in [3.05, 3.63) is 51.1 Å². The molecule has 1 aromatic heterocycles. The summed E-state index contributed by atoms with van der Waals surface area (Å²) in [6.45, 7) is 2.72. The Bertz CT molecular complexity index is 637. The first-order valence-electron chi connectivity index (χ1n) is 6.49. The molecule has 0 radical (unpaired) electrons. The largest absolute Gasteiger partial charge is 0.494 e. The van der Waals surface area contributed by atoms with Crippen LogP contribution in [-0.4, -0.2) is 22.3 Å². The highest BCUT2D eigenvalue weighted by Crippen LogP contribution is 2.24. The van der Waals surface area contributed by atoms with Gasteiger partial charge in [-0.25, -0.2) is 4.98 Å². The molecule has 2 aromatic rings. The first kappa shape index (κ1) is 15.1. The van der Waals surface area contributed by atoms with Gasteiger partial charge in [-0.15, -0.1) is 0 Å². The molecule has 0 amide bonds. The number of rotatable bonds is 7. The Hall–Kier alpha value is -2.28. The summed E-state index contributed by atoms with van der Waals surface area (Å²) in [5, 5.41) is 10.6. The maximum Gasteiger partial charge on any atom is 0.344 e. The van der Waals surface area contributed by atoms with E-state index in [-0.39, 0.29) is 15.8 Å². The van der Waals surface area contributed by atoms with Gasteiger partial charge in [-0.2, -0.15) is 0 Å². The predicted molar refractivity (Wildman–Crippen MR) is 79.0 cm³/mol. The van der Waals surface area contributed by atoms with Crippen LogP contribution in [0.2, 0.25) is 0 Å². The van der Waals surface area contributed by atoms with Crippen LogP contribution in [0.5, 0.6) is 5.75 Å². The number of ether oxygens (including phenoxy) is 1. The lowest BCUT2D eigenvalue weighted by Gasteiger charge is -2.05. The molecular weight excluding hydrogens is 292 g/mol. The molecule has 0 aliphatic heterocycles. The normalized spacial score (nSPS) is 10.3. The van der Waals surface area contributed by atoms with E-state index < -0.39 is 4.92 Å². The first-order chi connectivity index (χ1) is 10.1. The number of hydrogen-bond acceptors (Lipinski definition) is 6. The minimum Gasteiger partial charge on any atom is -0.494 e. The van der Waals surface area contributed by atoms with Crippen molar-refractivity contribution < 1.29 is 14.5 Å². The van der Waals surface area contributed by atoms with Crippen LogP contribution in [0.3, 0.4) is 0 Å². The van der Waals surface area contributed by atoms with Crippen molar-refractivity contribution in [2.24, 2.45) is 0 Å². The number of aromatic nitrogens is 1. The second-order valence-corrected chi connectivity index (χ2v) is 5.33. The summed E-state index contributed by atoms with van der Waals surface area (Å²) in [5.74, 6) is 0.373. The third kappa shape index (κ3) is 3.85. The van der Waals surface area contributed by atoms with Crippen molar-refractivity contribution in [1.29, 1.82) is 0 Å². The fourth-order valence-electron chi connectivity index (χ4n) is 1.62. The molecular formula is C14H14N2O4S. The minimum absolute atomic E-state index is 0.112. The van der Waals surface area contributed by atoms with Crippen molar-refractivity contribution >= 4 is 22.1 Å². The summed E-state index contributed by atoms with van der Waals surface area (Å²) in [4.78, 5) is 26.0. The topological polar surface area (TPSA) is 82.3 Å². The van der Waals surface area contributed by atoms with Crippen LogP contribution >= 0.6 is 11.3 Å². The molecule has 0 saturated heterocycles. The van der Waals surface area contributed by atoms with Gasteiger partial charge in [0.15, 0.2) is 5.01 Å². The Morgan fingerprint density at radius 2 is 2.10 bits per heavy atom. The Labute approximate surface area is 125 Å². The average Bonchev–Trinajstić information content (AvgIpc) is 2.97. The molecule has 0 atom stereocenters. The second-order valence-electron chi connectivity index (χ2n) is 4.32. The molecule has 21 heavy (non-hydrogen) atoms. The fraction of sp³-hybridized carbons (Fsp3) is 0.286. The molecule has 110 valence electrons. The van der Waals surface area contributed by atoms with Crippen LogP contribution in [0, 0.1) is 10.1 Å². The van der Waals surface area contributed by atoms with E-state index in [2.05, 4.69) is 11.9 Å². The van der Waals surface area contributed by atoms with Gasteiger partial charge in [0.25, 0.3) is 0 Å². The molecule has 2 rings (SSSR count). The number of benzene rings is 1. The van der Waals surface area contributed by atoms with Gasteiger partial charge >= 0.3 is 5.00 Å². The van der Waals surface area contributed by atoms with E-state index >= 15 is 0 Å². The first-order valence-corrected chi connectivity index (χ1v) is 7.31. The van der Waals surface area contributed by atoms with Crippen LogP contribution in [0.1, 0.15) is 35.1 Å². The van der Waals surface area contributed by atoms with E-state index in [9.17, 15) is 14.9 Å². The van der Waals surface area contributed by atoms with Crippen molar-refractivity contribution in [3.8, 4) is 5.75 Å². The van der Waals surface area contributed by atoms with Crippen LogP contribution < -0.4 is 4.74 Å². The third-order valence-electron chi connectivity index (χ3n) is 2.75. The molecule has 0 aliphatic carbocycles. The minimum atomic E-state index is -0.556. The highest BCUT2D eigenvalue weighted by molar-refractivity contribution is 7.16. The van der Waals surface area contributed by atoms with E-state index in [1.54, 1.807) is 24.3 Å². The van der Waals surface area contributed by atoms with Gasteiger partial charge < -0.3 is 4.74 Å². The molecule has 1 heterocycles. The second kappa shape index (κ2) is 6.94. The molecule has 6 nitrogen and oxygen atoms in total. The third-order valence-corrected chi connectivity index (χ3v) is 3.70. The predicted octanol–water partition coefficient (Wildman–Crippen LogP) is 3.46.